The second-order valence-electron chi connectivity index (χ2n) is 7.31. The van der Waals surface area contributed by atoms with Crippen molar-refractivity contribution in [3.63, 3.8) is 0 Å². The molecule has 0 spiro atoms. The van der Waals surface area contributed by atoms with Crippen LogP contribution in [0, 0.1) is 20.8 Å². The van der Waals surface area contributed by atoms with Crippen LogP contribution in [0.25, 0.3) is 10.6 Å². The lowest BCUT2D eigenvalue weighted by atomic mass is 10.1. The molecule has 5 nitrogen and oxygen atoms in total. The molecule has 0 bridgehead atoms. The molecule has 4 rings (SSSR count). The van der Waals surface area contributed by atoms with Gasteiger partial charge < -0.3 is 4.57 Å². The Morgan fingerprint density at radius 2 is 1.93 bits per heavy atom. The van der Waals surface area contributed by atoms with Crippen molar-refractivity contribution in [2.75, 3.05) is 0 Å². The van der Waals surface area contributed by atoms with Gasteiger partial charge in [-0.05, 0) is 62.9 Å². The first-order chi connectivity index (χ1) is 14.4. The number of aromatic nitrogens is 3. The van der Waals surface area contributed by atoms with Gasteiger partial charge in [0.2, 0.25) is 0 Å². The molecule has 4 heterocycles. The molecular formula is C23H23N3O2S2. The van der Waals surface area contributed by atoms with Crippen LogP contribution < -0.4 is 5.56 Å². The van der Waals surface area contributed by atoms with Crippen molar-refractivity contribution in [3.8, 4) is 10.6 Å². The lowest BCUT2D eigenvalue weighted by Gasteiger charge is -2.09. The number of aryl methyl sites for hydroxylation is 3. The van der Waals surface area contributed by atoms with Gasteiger partial charge in [-0.1, -0.05) is 6.07 Å². The van der Waals surface area contributed by atoms with Gasteiger partial charge in [-0.3, -0.25) is 9.59 Å². The highest BCUT2D eigenvalue weighted by Gasteiger charge is 2.17. The predicted molar refractivity (Wildman–Crippen MR) is 123 cm³/mol. The molecule has 0 saturated carbocycles. The fourth-order valence-corrected chi connectivity index (χ4v) is 5.12. The van der Waals surface area contributed by atoms with E-state index in [0.29, 0.717) is 11.3 Å². The fraction of sp³-hybridized carbons (Fsp3) is 0.261. The van der Waals surface area contributed by atoms with Gasteiger partial charge in [-0.15, -0.1) is 22.7 Å². The third-order valence-electron chi connectivity index (χ3n) is 5.19. The third-order valence-corrected chi connectivity index (χ3v) is 7.15. The van der Waals surface area contributed by atoms with Crippen molar-refractivity contribution in [2.45, 2.75) is 40.3 Å². The minimum atomic E-state index is -0.271. The Labute approximate surface area is 183 Å². The summed E-state index contributed by atoms with van der Waals surface area (Å²) in [4.78, 5) is 28.8. The minimum Gasteiger partial charge on any atom is -0.348 e. The van der Waals surface area contributed by atoms with Gasteiger partial charge in [0.05, 0.1) is 4.88 Å². The van der Waals surface area contributed by atoms with E-state index in [1.807, 2.05) is 39.0 Å². The maximum atomic E-state index is 13.0. The van der Waals surface area contributed by atoms with E-state index >= 15 is 0 Å². The number of carbonyl (C=O) groups excluding carboxylic acids is 1. The molecule has 30 heavy (non-hydrogen) atoms. The van der Waals surface area contributed by atoms with Crippen LogP contribution in [-0.2, 0) is 19.5 Å². The van der Waals surface area contributed by atoms with E-state index in [4.69, 9.17) is 0 Å². The summed E-state index contributed by atoms with van der Waals surface area (Å²) in [6.45, 7) is 6.78. The van der Waals surface area contributed by atoms with Gasteiger partial charge in [-0.25, -0.2) is 4.68 Å². The summed E-state index contributed by atoms with van der Waals surface area (Å²) in [6, 6.07) is 13.3. The standard InChI is InChI=1S/C23H23N3O2S2/c1-15-13-19(17(3)25(15)11-10-18-5-4-12-29-18)21(27)14-26-23(28)9-7-20(24-26)22-8-6-16(2)30-22/h4-9,12-13H,10-11,14H2,1-3H3. The smallest absolute Gasteiger partial charge is 0.267 e. The van der Waals surface area contributed by atoms with Crippen LogP contribution in [0.2, 0.25) is 0 Å². The summed E-state index contributed by atoms with van der Waals surface area (Å²) < 4.78 is 3.44. The van der Waals surface area contributed by atoms with E-state index in [1.54, 1.807) is 28.7 Å². The highest BCUT2D eigenvalue weighted by Crippen LogP contribution is 2.25. The first-order valence-corrected chi connectivity index (χ1v) is 11.5. The first-order valence-electron chi connectivity index (χ1n) is 9.79. The van der Waals surface area contributed by atoms with Crippen LogP contribution in [0.3, 0.4) is 0 Å². The maximum Gasteiger partial charge on any atom is 0.267 e. The summed E-state index contributed by atoms with van der Waals surface area (Å²) in [5, 5.41) is 6.52. The van der Waals surface area contributed by atoms with Crippen molar-refractivity contribution in [1.82, 2.24) is 14.3 Å². The molecule has 4 aromatic rings. The van der Waals surface area contributed by atoms with Crippen LogP contribution in [0.5, 0.6) is 0 Å². The number of thiophene rings is 2. The normalized spacial score (nSPS) is 11.2. The molecule has 0 amide bonds. The Balaban J connectivity index is 1.55. The van der Waals surface area contributed by atoms with Crippen molar-refractivity contribution in [1.29, 1.82) is 0 Å². The van der Waals surface area contributed by atoms with Gasteiger partial charge in [0.1, 0.15) is 12.2 Å². The van der Waals surface area contributed by atoms with Gasteiger partial charge in [0.25, 0.3) is 5.56 Å². The molecule has 7 heteroatoms. The zero-order chi connectivity index (χ0) is 21.3. The molecule has 4 aromatic heterocycles. The van der Waals surface area contributed by atoms with E-state index in [1.165, 1.54) is 20.5 Å². The molecule has 0 atom stereocenters. The molecule has 0 aromatic carbocycles. The average Bonchev–Trinajstić information content (AvgIpc) is 3.44. The second kappa shape index (κ2) is 8.53. The Kier molecular flexibility index (Phi) is 5.83. The summed E-state index contributed by atoms with van der Waals surface area (Å²) in [6.07, 6.45) is 0.935. The minimum absolute atomic E-state index is 0.0632. The van der Waals surface area contributed by atoms with Crippen LogP contribution >= 0.6 is 22.7 Å². The quantitative estimate of drug-likeness (QED) is 0.387. The molecule has 0 aliphatic rings. The van der Waals surface area contributed by atoms with Crippen molar-refractivity contribution < 1.29 is 4.79 Å². The van der Waals surface area contributed by atoms with Gasteiger partial charge in [0.15, 0.2) is 5.78 Å². The number of nitrogens with zero attached hydrogens (tertiary/aromatic N) is 3. The average molecular weight is 438 g/mol. The molecule has 154 valence electrons. The molecule has 0 radical (unpaired) electrons. The summed E-state index contributed by atoms with van der Waals surface area (Å²) in [7, 11) is 0. The number of carbonyl (C=O) groups is 1. The Bertz CT molecular complexity index is 1250. The Morgan fingerprint density at radius 3 is 2.63 bits per heavy atom. The highest BCUT2D eigenvalue weighted by molar-refractivity contribution is 7.15. The lowest BCUT2D eigenvalue weighted by molar-refractivity contribution is 0.0965. The van der Waals surface area contributed by atoms with E-state index in [0.717, 1.165) is 29.2 Å². The first kappa shape index (κ1) is 20.5. The van der Waals surface area contributed by atoms with E-state index in [-0.39, 0.29) is 17.9 Å². The third kappa shape index (κ3) is 4.22. The molecule has 0 saturated heterocycles. The number of hydrogen-bond acceptors (Lipinski definition) is 5. The molecule has 0 aliphatic heterocycles. The largest absolute Gasteiger partial charge is 0.348 e. The Morgan fingerprint density at radius 1 is 1.10 bits per heavy atom. The van der Waals surface area contributed by atoms with Crippen LogP contribution in [0.4, 0.5) is 0 Å². The van der Waals surface area contributed by atoms with E-state index in [9.17, 15) is 9.59 Å². The van der Waals surface area contributed by atoms with Crippen LogP contribution in [-0.4, -0.2) is 20.1 Å². The number of hydrogen-bond donors (Lipinski definition) is 0. The van der Waals surface area contributed by atoms with Crippen molar-refractivity contribution in [2.24, 2.45) is 0 Å². The predicted octanol–water partition coefficient (Wildman–Crippen LogP) is 4.89. The molecule has 0 unspecified atom stereocenters. The Hall–Kier alpha value is -2.77. The molecule has 0 aliphatic carbocycles. The zero-order valence-corrected chi connectivity index (χ0v) is 18.8. The molecule has 0 fully saturated rings. The maximum absolute atomic E-state index is 13.0. The summed E-state index contributed by atoms with van der Waals surface area (Å²) in [5.41, 5.74) is 3.08. The molecular weight excluding hydrogens is 414 g/mol. The second-order valence-corrected chi connectivity index (χ2v) is 9.63. The van der Waals surface area contributed by atoms with E-state index < -0.39 is 0 Å². The zero-order valence-electron chi connectivity index (χ0n) is 17.2. The van der Waals surface area contributed by atoms with Gasteiger partial charge in [-0.2, -0.15) is 5.10 Å². The van der Waals surface area contributed by atoms with E-state index in [2.05, 4.69) is 27.2 Å². The van der Waals surface area contributed by atoms with Crippen LogP contribution in [0.1, 0.15) is 31.5 Å². The number of Topliss-reactive ketones (excluding diaryl/α,β-unsaturated/α-hetero) is 1. The topological polar surface area (TPSA) is 56.9 Å². The monoisotopic (exact) mass is 437 g/mol. The van der Waals surface area contributed by atoms with Crippen molar-refractivity contribution in [3.05, 3.63) is 84.9 Å². The fourth-order valence-electron chi connectivity index (χ4n) is 3.59. The van der Waals surface area contributed by atoms with Crippen molar-refractivity contribution >= 4 is 28.5 Å². The SMILES string of the molecule is Cc1ccc(-c2ccc(=O)n(CC(=O)c3cc(C)n(CCc4cccs4)c3C)n2)s1. The number of ketones is 1. The molecule has 0 N–H and O–H groups in total. The summed E-state index contributed by atoms with van der Waals surface area (Å²) >= 11 is 3.36. The summed E-state index contributed by atoms with van der Waals surface area (Å²) in [5.74, 6) is -0.0976. The lowest BCUT2D eigenvalue weighted by Crippen LogP contribution is -2.26. The van der Waals surface area contributed by atoms with Crippen LogP contribution in [0.15, 0.2) is 52.6 Å². The number of rotatable bonds is 7. The van der Waals surface area contributed by atoms with Gasteiger partial charge >= 0.3 is 0 Å². The highest BCUT2D eigenvalue weighted by atomic mass is 32.1. The van der Waals surface area contributed by atoms with Gasteiger partial charge in [0, 0.05) is 39.3 Å².